The number of benzene rings is 2. The lowest BCUT2D eigenvalue weighted by Crippen LogP contribution is -2.52. The minimum atomic E-state index is -0.697. The molecular weight excluding hydrogens is 432 g/mol. The smallest absolute Gasteiger partial charge is 0.243 e. The van der Waals surface area contributed by atoms with Crippen LogP contribution >= 0.6 is 0 Å². The van der Waals surface area contributed by atoms with Crippen molar-refractivity contribution in [2.45, 2.75) is 44.8 Å². The summed E-state index contributed by atoms with van der Waals surface area (Å²) < 4.78 is 5.17. The highest BCUT2D eigenvalue weighted by atomic mass is 16.5. The molecule has 0 bridgehead atoms. The highest BCUT2D eigenvalue weighted by molar-refractivity contribution is 5.89. The molecule has 2 aromatic rings. The number of nitrogens with two attached hydrogens (primary N) is 1. The molecule has 3 rings (SSSR count). The summed E-state index contributed by atoms with van der Waals surface area (Å²) in [7, 11) is 1.61. The minimum absolute atomic E-state index is 0.0984. The van der Waals surface area contributed by atoms with Crippen LogP contribution in [-0.4, -0.2) is 54.9 Å². The molecular formula is C26H34N4O4. The quantitative estimate of drug-likeness (QED) is 0.520. The number of nitrogens with zero attached hydrogens (tertiary/aromatic N) is 1. The SMILES string of the molecule is COc1ccc(CNC(=O)[C@H](Cc2ccccc2)NC(=O)C2CCN(C(=O)[C@H](C)N)CC2)cc1. The Hall–Kier alpha value is -3.39. The molecule has 1 heterocycles. The van der Waals surface area contributed by atoms with Gasteiger partial charge in [-0.1, -0.05) is 42.5 Å². The zero-order chi connectivity index (χ0) is 24.5. The van der Waals surface area contributed by atoms with Gasteiger partial charge in [-0.2, -0.15) is 0 Å². The van der Waals surface area contributed by atoms with Gasteiger partial charge in [-0.25, -0.2) is 0 Å². The van der Waals surface area contributed by atoms with Crippen LogP contribution in [0.25, 0.3) is 0 Å². The summed E-state index contributed by atoms with van der Waals surface area (Å²) in [6.45, 7) is 3.00. The zero-order valence-electron chi connectivity index (χ0n) is 19.8. The molecule has 1 aliphatic rings. The van der Waals surface area contributed by atoms with E-state index in [-0.39, 0.29) is 23.6 Å². The number of likely N-dealkylation sites (tertiary alicyclic amines) is 1. The summed E-state index contributed by atoms with van der Waals surface area (Å²) in [5, 5.41) is 5.90. The normalized spacial score (nSPS) is 15.8. The Morgan fingerprint density at radius 3 is 2.26 bits per heavy atom. The van der Waals surface area contributed by atoms with Crippen LogP contribution < -0.4 is 21.1 Å². The molecule has 0 aromatic heterocycles. The first-order valence-corrected chi connectivity index (χ1v) is 11.7. The van der Waals surface area contributed by atoms with Gasteiger partial charge in [0, 0.05) is 32.0 Å². The van der Waals surface area contributed by atoms with Gasteiger partial charge in [0.15, 0.2) is 0 Å². The van der Waals surface area contributed by atoms with Crippen molar-refractivity contribution in [3.05, 3.63) is 65.7 Å². The number of rotatable bonds is 9. The van der Waals surface area contributed by atoms with E-state index in [4.69, 9.17) is 10.5 Å². The lowest BCUT2D eigenvalue weighted by atomic mass is 9.94. The van der Waals surface area contributed by atoms with Gasteiger partial charge in [-0.3, -0.25) is 14.4 Å². The van der Waals surface area contributed by atoms with Crippen LogP contribution in [0.1, 0.15) is 30.9 Å². The lowest BCUT2D eigenvalue weighted by molar-refractivity contribution is -0.137. The van der Waals surface area contributed by atoms with Crippen molar-refractivity contribution in [1.82, 2.24) is 15.5 Å². The summed E-state index contributed by atoms with van der Waals surface area (Å²) in [4.78, 5) is 39.9. The first kappa shape index (κ1) is 25.2. The molecule has 0 aliphatic carbocycles. The third-order valence-electron chi connectivity index (χ3n) is 6.11. The summed E-state index contributed by atoms with van der Waals surface area (Å²) in [6, 6.07) is 15.8. The highest BCUT2D eigenvalue weighted by Crippen LogP contribution is 2.19. The molecule has 1 saturated heterocycles. The number of methoxy groups -OCH3 is 1. The summed E-state index contributed by atoms with van der Waals surface area (Å²) in [5.74, 6) is 0.00694. The van der Waals surface area contributed by atoms with E-state index in [9.17, 15) is 14.4 Å². The third-order valence-corrected chi connectivity index (χ3v) is 6.11. The van der Waals surface area contributed by atoms with Gasteiger partial charge in [0.1, 0.15) is 11.8 Å². The Balaban J connectivity index is 1.61. The molecule has 0 radical (unpaired) electrons. The summed E-state index contributed by atoms with van der Waals surface area (Å²) in [6.07, 6.45) is 1.49. The molecule has 2 atom stereocenters. The maximum Gasteiger partial charge on any atom is 0.243 e. The van der Waals surface area contributed by atoms with Crippen molar-refractivity contribution >= 4 is 17.7 Å². The molecule has 4 N–H and O–H groups in total. The van der Waals surface area contributed by atoms with E-state index in [1.807, 2.05) is 54.6 Å². The molecule has 8 heteroatoms. The number of carbonyl (C=O) groups is 3. The van der Waals surface area contributed by atoms with Crippen LogP contribution in [0, 0.1) is 5.92 Å². The van der Waals surface area contributed by atoms with Gasteiger partial charge in [0.2, 0.25) is 17.7 Å². The van der Waals surface area contributed by atoms with Gasteiger partial charge >= 0.3 is 0 Å². The molecule has 2 aromatic carbocycles. The van der Waals surface area contributed by atoms with Crippen molar-refractivity contribution in [3.8, 4) is 5.75 Å². The number of hydrogen-bond acceptors (Lipinski definition) is 5. The second-order valence-electron chi connectivity index (χ2n) is 8.71. The average Bonchev–Trinajstić information content (AvgIpc) is 2.87. The molecule has 1 aliphatic heterocycles. The van der Waals surface area contributed by atoms with E-state index in [0.717, 1.165) is 16.9 Å². The first-order chi connectivity index (χ1) is 16.4. The van der Waals surface area contributed by atoms with E-state index in [2.05, 4.69) is 10.6 Å². The second-order valence-corrected chi connectivity index (χ2v) is 8.71. The van der Waals surface area contributed by atoms with Crippen LogP contribution in [0.15, 0.2) is 54.6 Å². The monoisotopic (exact) mass is 466 g/mol. The van der Waals surface area contributed by atoms with Crippen molar-refractivity contribution < 1.29 is 19.1 Å². The van der Waals surface area contributed by atoms with Crippen molar-refractivity contribution in [2.24, 2.45) is 11.7 Å². The summed E-state index contributed by atoms with van der Waals surface area (Å²) >= 11 is 0. The fourth-order valence-corrected chi connectivity index (χ4v) is 4.05. The van der Waals surface area contributed by atoms with E-state index in [0.29, 0.717) is 38.9 Å². The second kappa shape index (κ2) is 12.2. The maximum absolute atomic E-state index is 13.1. The van der Waals surface area contributed by atoms with Crippen LogP contribution in [0.5, 0.6) is 5.75 Å². The molecule has 34 heavy (non-hydrogen) atoms. The molecule has 1 fully saturated rings. The third kappa shape index (κ3) is 7.05. The number of ether oxygens (including phenoxy) is 1. The number of hydrogen-bond donors (Lipinski definition) is 3. The van der Waals surface area contributed by atoms with Gasteiger partial charge in [-0.05, 0) is 43.0 Å². The number of amides is 3. The van der Waals surface area contributed by atoms with Crippen LogP contribution in [-0.2, 0) is 27.3 Å². The zero-order valence-corrected chi connectivity index (χ0v) is 19.8. The van der Waals surface area contributed by atoms with Gasteiger partial charge < -0.3 is 26.0 Å². The molecule has 0 spiro atoms. The van der Waals surface area contributed by atoms with Crippen LogP contribution in [0.4, 0.5) is 0 Å². The number of nitrogens with one attached hydrogen (secondary N) is 2. The first-order valence-electron chi connectivity index (χ1n) is 11.7. The lowest BCUT2D eigenvalue weighted by Gasteiger charge is -2.33. The Kier molecular flexibility index (Phi) is 9.04. The summed E-state index contributed by atoms with van der Waals surface area (Å²) in [5.41, 5.74) is 7.60. The molecule has 0 saturated carbocycles. The maximum atomic E-state index is 13.1. The Labute approximate surface area is 200 Å². The van der Waals surface area contributed by atoms with Crippen molar-refractivity contribution in [1.29, 1.82) is 0 Å². The molecule has 182 valence electrons. The number of piperidine rings is 1. The van der Waals surface area contributed by atoms with Crippen LogP contribution in [0.3, 0.4) is 0 Å². The molecule has 0 unspecified atom stereocenters. The Morgan fingerprint density at radius 1 is 1.03 bits per heavy atom. The largest absolute Gasteiger partial charge is 0.497 e. The molecule has 3 amide bonds. The van der Waals surface area contributed by atoms with Crippen molar-refractivity contribution in [3.63, 3.8) is 0 Å². The Bertz CT molecular complexity index is 955. The van der Waals surface area contributed by atoms with E-state index in [1.165, 1.54) is 0 Å². The van der Waals surface area contributed by atoms with E-state index < -0.39 is 12.1 Å². The van der Waals surface area contributed by atoms with E-state index in [1.54, 1.807) is 18.9 Å². The fraction of sp³-hybridized carbons (Fsp3) is 0.423. The van der Waals surface area contributed by atoms with E-state index >= 15 is 0 Å². The topological polar surface area (TPSA) is 114 Å². The number of carbonyl (C=O) groups excluding carboxylic acids is 3. The van der Waals surface area contributed by atoms with Crippen LogP contribution in [0.2, 0.25) is 0 Å². The van der Waals surface area contributed by atoms with Crippen molar-refractivity contribution in [2.75, 3.05) is 20.2 Å². The predicted molar refractivity (Wildman–Crippen MR) is 130 cm³/mol. The average molecular weight is 467 g/mol. The highest BCUT2D eigenvalue weighted by Gasteiger charge is 2.30. The van der Waals surface area contributed by atoms with Gasteiger partial charge in [0.05, 0.1) is 13.2 Å². The van der Waals surface area contributed by atoms with Gasteiger partial charge in [0.25, 0.3) is 0 Å². The fourth-order valence-electron chi connectivity index (χ4n) is 4.05. The minimum Gasteiger partial charge on any atom is -0.497 e. The Morgan fingerprint density at radius 2 is 1.68 bits per heavy atom. The predicted octanol–water partition coefficient (Wildman–Crippen LogP) is 1.62. The molecule has 8 nitrogen and oxygen atoms in total. The van der Waals surface area contributed by atoms with Gasteiger partial charge in [-0.15, -0.1) is 0 Å². The standard InChI is InChI=1S/C26H34N4O4/c1-18(27)26(33)30-14-12-21(13-15-30)24(31)29-23(16-19-6-4-3-5-7-19)25(32)28-17-20-8-10-22(34-2)11-9-20/h3-11,18,21,23H,12-17,27H2,1-2H3,(H,28,32)(H,29,31)/t18-,23-/m0/s1.